The van der Waals surface area contributed by atoms with Gasteiger partial charge in [-0.25, -0.2) is 0 Å². The number of anilines is 3. The zero-order valence-corrected chi connectivity index (χ0v) is 31.4. The van der Waals surface area contributed by atoms with Crippen LogP contribution in [0.25, 0.3) is 33.4 Å². The van der Waals surface area contributed by atoms with Crippen LogP contribution in [0.2, 0.25) is 0 Å². The molecular weight excluding hydrogens is 703 g/mol. The lowest BCUT2D eigenvalue weighted by Crippen LogP contribution is -2.41. The molecule has 0 saturated carbocycles. The molecule has 2 aromatic heterocycles. The van der Waals surface area contributed by atoms with Gasteiger partial charge in [0.2, 0.25) is 0 Å². The van der Waals surface area contributed by atoms with Gasteiger partial charge in [-0.2, -0.15) is 0 Å². The molecule has 0 radical (unpaired) electrons. The predicted octanol–water partition coefficient (Wildman–Crippen LogP) is 14.0. The summed E-state index contributed by atoms with van der Waals surface area (Å²) in [5.74, 6) is 0. The Labute approximate surface area is 329 Å². The van der Waals surface area contributed by atoms with Crippen molar-refractivity contribution in [1.29, 1.82) is 0 Å². The first-order chi connectivity index (χ1) is 27.3. The van der Waals surface area contributed by atoms with Gasteiger partial charge in [-0.05, 0) is 109 Å². The number of hydrogen-bond acceptors (Lipinski definition) is 3. The number of benzene rings is 7. The molecule has 0 bridgehead atoms. The fraction of sp³-hybridized carbons (Fsp3) is 0.0385. The normalized spacial score (nSPS) is 14.5. The average Bonchev–Trinajstić information content (AvgIpc) is 4.04. The van der Waals surface area contributed by atoms with Gasteiger partial charge in [-0.1, -0.05) is 158 Å². The Bertz CT molecular complexity index is 2720. The van der Waals surface area contributed by atoms with Gasteiger partial charge >= 0.3 is 0 Å². The van der Waals surface area contributed by atoms with Crippen LogP contribution in [0.4, 0.5) is 16.4 Å². The third-order valence-electron chi connectivity index (χ3n) is 12.2. The Morgan fingerprint density at radius 3 is 1.40 bits per heavy atom. The summed E-state index contributed by atoms with van der Waals surface area (Å²) in [6.45, 7) is 0. The largest absolute Gasteiger partial charge is 0.302 e. The number of hydrogen-bond donors (Lipinski definition) is 0. The van der Waals surface area contributed by atoms with Gasteiger partial charge in [0.15, 0.2) is 0 Å². The maximum atomic E-state index is 2.56. The van der Waals surface area contributed by atoms with Crippen LogP contribution in [0.5, 0.6) is 0 Å². The molecule has 3 aliphatic carbocycles. The van der Waals surface area contributed by atoms with Crippen LogP contribution in [0.1, 0.15) is 43.1 Å². The summed E-state index contributed by atoms with van der Waals surface area (Å²) in [4.78, 5) is 5.31. The molecule has 0 amide bonds. The van der Waals surface area contributed by atoms with E-state index in [0.717, 1.165) is 11.4 Å². The summed E-state index contributed by atoms with van der Waals surface area (Å²) in [6, 6.07) is 72.4. The zero-order valence-electron chi connectivity index (χ0n) is 29.8. The number of thiophene rings is 2. The van der Waals surface area contributed by atoms with Crippen molar-refractivity contribution < 1.29 is 0 Å². The fourth-order valence-electron chi connectivity index (χ4n) is 10.2. The molecule has 258 valence electrons. The van der Waals surface area contributed by atoms with Crippen molar-refractivity contribution in [2.24, 2.45) is 0 Å². The Kier molecular flexibility index (Phi) is 6.58. The summed E-state index contributed by atoms with van der Waals surface area (Å²) < 4.78 is 0. The van der Waals surface area contributed by atoms with Crippen molar-refractivity contribution in [3.8, 4) is 33.4 Å². The van der Waals surface area contributed by atoms with Crippen LogP contribution in [0.15, 0.2) is 200 Å². The van der Waals surface area contributed by atoms with Crippen molar-refractivity contribution >= 4 is 39.0 Å². The smallest absolute Gasteiger partial charge is 0.101 e. The molecule has 0 N–H and O–H groups in total. The van der Waals surface area contributed by atoms with E-state index in [9.17, 15) is 0 Å². The van der Waals surface area contributed by atoms with Crippen molar-refractivity contribution in [3.63, 3.8) is 0 Å². The van der Waals surface area contributed by atoms with Gasteiger partial charge in [-0.3, -0.25) is 0 Å². The van der Waals surface area contributed by atoms with Gasteiger partial charge in [0.25, 0.3) is 0 Å². The van der Waals surface area contributed by atoms with Crippen molar-refractivity contribution in [1.82, 2.24) is 0 Å². The molecule has 3 heteroatoms. The minimum atomic E-state index is -0.466. The van der Waals surface area contributed by atoms with E-state index in [1.54, 1.807) is 0 Å². The van der Waals surface area contributed by atoms with E-state index in [1.165, 1.54) is 81.5 Å². The van der Waals surface area contributed by atoms with Gasteiger partial charge < -0.3 is 4.90 Å². The summed E-state index contributed by atoms with van der Waals surface area (Å²) in [5.41, 5.74) is 17.4. The van der Waals surface area contributed by atoms with Crippen LogP contribution in [0.3, 0.4) is 0 Å². The lowest BCUT2D eigenvalue weighted by molar-refractivity contribution is 0.662. The summed E-state index contributed by atoms with van der Waals surface area (Å²) in [7, 11) is 0. The zero-order chi connectivity index (χ0) is 36.1. The third-order valence-corrected chi connectivity index (χ3v) is 14.5. The van der Waals surface area contributed by atoms with E-state index in [0.29, 0.717) is 0 Å². The number of fused-ring (bicyclic) bond motifs is 16. The maximum absolute atomic E-state index is 2.56. The molecule has 0 fully saturated rings. The molecule has 3 aliphatic rings. The van der Waals surface area contributed by atoms with Crippen LogP contribution >= 0.6 is 22.7 Å². The molecule has 1 nitrogen and oxygen atoms in total. The summed E-state index contributed by atoms with van der Waals surface area (Å²) >= 11 is 3.89. The summed E-state index contributed by atoms with van der Waals surface area (Å²) in [5, 5.41) is 3.56. The van der Waals surface area contributed by atoms with E-state index < -0.39 is 10.8 Å². The number of rotatable bonds is 4. The second-order valence-electron chi connectivity index (χ2n) is 14.8. The molecule has 0 aliphatic heterocycles. The predicted molar refractivity (Wildman–Crippen MR) is 230 cm³/mol. The molecule has 9 aromatic rings. The lowest BCUT2D eigenvalue weighted by Gasteiger charge is -2.45. The second-order valence-corrected chi connectivity index (χ2v) is 16.7. The Morgan fingerprint density at radius 2 is 0.818 bits per heavy atom. The Hall–Kier alpha value is -6.26. The first kappa shape index (κ1) is 31.1. The first-order valence-electron chi connectivity index (χ1n) is 18.9. The van der Waals surface area contributed by atoms with E-state index >= 15 is 0 Å². The second kappa shape index (κ2) is 11.6. The van der Waals surface area contributed by atoms with Gasteiger partial charge in [0.1, 0.15) is 5.00 Å². The highest BCUT2D eigenvalue weighted by atomic mass is 32.1. The van der Waals surface area contributed by atoms with E-state index in [4.69, 9.17) is 0 Å². The molecular formula is C52H33NS2. The molecule has 0 unspecified atom stereocenters. The Balaban J connectivity index is 1.22. The first-order valence-corrected chi connectivity index (χ1v) is 20.6. The van der Waals surface area contributed by atoms with Gasteiger partial charge in [-0.15, -0.1) is 22.7 Å². The monoisotopic (exact) mass is 735 g/mol. The molecule has 12 rings (SSSR count). The molecule has 55 heavy (non-hydrogen) atoms. The molecule has 0 saturated heterocycles. The van der Waals surface area contributed by atoms with E-state index in [2.05, 4.69) is 204 Å². The minimum Gasteiger partial charge on any atom is -0.302 e. The minimum absolute atomic E-state index is 0.466. The topological polar surface area (TPSA) is 3.24 Å². The van der Waals surface area contributed by atoms with Crippen LogP contribution < -0.4 is 4.90 Å². The van der Waals surface area contributed by atoms with Gasteiger partial charge in [0.05, 0.1) is 10.8 Å². The SMILES string of the molecule is c1ccc(-c2cccc(N(c3ccccc3)c3cc4c(s3)C3(c5ccccc5-c5ccccc53)c3ccsc3C43c4ccccc4-c4ccccc43)c2)cc1. The van der Waals surface area contributed by atoms with Crippen LogP contribution in [0, 0.1) is 0 Å². The number of para-hydroxylation sites is 1. The Morgan fingerprint density at radius 1 is 0.345 bits per heavy atom. The summed E-state index contributed by atoms with van der Waals surface area (Å²) in [6.07, 6.45) is 0. The highest BCUT2D eigenvalue weighted by molar-refractivity contribution is 7.17. The fourth-order valence-corrected chi connectivity index (χ4v) is 12.8. The van der Waals surface area contributed by atoms with E-state index in [-0.39, 0.29) is 0 Å². The molecule has 2 spiro atoms. The third kappa shape index (κ3) is 4.01. The number of nitrogens with zero attached hydrogens (tertiary/aromatic N) is 1. The standard InChI is InChI=1S/C52H33NS2/c1-3-16-34(17-4-1)35-18-15-21-37(32-35)53(36-19-5-2-6-20-36)48-33-47-50(55-48)51(42-26-11-7-22-38(42)39-23-8-12-27-43(39)51)46-30-31-54-49(46)52(47)44-28-13-9-24-40(44)41-25-10-14-29-45(41)52/h1-33H. The van der Waals surface area contributed by atoms with Crippen molar-refractivity contribution in [3.05, 3.63) is 243 Å². The molecule has 2 heterocycles. The maximum Gasteiger partial charge on any atom is 0.101 e. The molecule has 7 aromatic carbocycles. The van der Waals surface area contributed by atoms with Crippen molar-refractivity contribution in [2.75, 3.05) is 4.90 Å². The average molecular weight is 736 g/mol. The van der Waals surface area contributed by atoms with Crippen LogP contribution in [-0.2, 0) is 10.8 Å². The van der Waals surface area contributed by atoms with Crippen molar-refractivity contribution in [2.45, 2.75) is 10.8 Å². The molecule has 0 atom stereocenters. The highest BCUT2D eigenvalue weighted by Crippen LogP contribution is 2.70. The van der Waals surface area contributed by atoms with Gasteiger partial charge in [0, 0.05) is 21.1 Å². The van der Waals surface area contributed by atoms with E-state index in [1.807, 2.05) is 22.7 Å². The lowest BCUT2D eigenvalue weighted by atomic mass is 9.58. The quantitative estimate of drug-likeness (QED) is 0.174. The highest BCUT2D eigenvalue weighted by Gasteiger charge is 2.61. The van der Waals surface area contributed by atoms with Crippen LogP contribution in [-0.4, -0.2) is 0 Å².